The summed E-state index contributed by atoms with van der Waals surface area (Å²) in [6.07, 6.45) is 0. The minimum atomic E-state index is -0.365. The van der Waals surface area contributed by atoms with Gasteiger partial charge in [-0.25, -0.2) is 5.43 Å². The van der Waals surface area contributed by atoms with Gasteiger partial charge in [0.05, 0.1) is 5.71 Å². The number of hydrogen-bond donors (Lipinski definition) is 2. The summed E-state index contributed by atoms with van der Waals surface area (Å²) >= 11 is 0. The Kier molecular flexibility index (Phi) is 5.14. The number of nitrogens with zero attached hydrogens (tertiary/aromatic N) is 1. The number of ether oxygens (including phenoxy) is 1. The molecule has 2 rings (SSSR count). The summed E-state index contributed by atoms with van der Waals surface area (Å²) in [7, 11) is 0. The number of aryl methyl sites for hydroxylation is 1. The summed E-state index contributed by atoms with van der Waals surface area (Å²) < 4.78 is 5.38. The smallest absolute Gasteiger partial charge is 0.277 e. The number of carbonyl (C=O) groups is 1. The van der Waals surface area contributed by atoms with E-state index in [-0.39, 0.29) is 18.3 Å². The van der Waals surface area contributed by atoms with Gasteiger partial charge in [-0.2, -0.15) is 5.10 Å². The Balaban J connectivity index is 1.90. The number of rotatable bonds is 5. The maximum Gasteiger partial charge on any atom is 0.277 e. The van der Waals surface area contributed by atoms with Crippen LogP contribution in [0.15, 0.2) is 53.6 Å². The van der Waals surface area contributed by atoms with Crippen LogP contribution in [-0.4, -0.2) is 23.3 Å². The van der Waals surface area contributed by atoms with Gasteiger partial charge >= 0.3 is 0 Å². The molecule has 0 aliphatic rings. The van der Waals surface area contributed by atoms with Crippen molar-refractivity contribution >= 4 is 11.6 Å². The summed E-state index contributed by atoms with van der Waals surface area (Å²) in [5.41, 5.74) is 4.55. The van der Waals surface area contributed by atoms with Gasteiger partial charge in [0, 0.05) is 5.56 Å². The van der Waals surface area contributed by atoms with E-state index in [4.69, 9.17) is 4.74 Å². The SMILES string of the molecule is CC(=NNC(=O)COc1cccc(C)c1)c1ccccc1O. The third kappa shape index (κ3) is 4.34. The summed E-state index contributed by atoms with van der Waals surface area (Å²) in [4.78, 5) is 11.7. The quantitative estimate of drug-likeness (QED) is 0.658. The van der Waals surface area contributed by atoms with Crippen molar-refractivity contribution in [2.45, 2.75) is 13.8 Å². The summed E-state index contributed by atoms with van der Waals surface area (Å²) in [5.74, 6) is 0.391. The fourth-order valence-electron chi connectivity index (χ4n) is 1.87. The van der Waals surface area contributed by atoms with Crippen molar-refractivity contribution in [3.8, 4) is 11.5 Å². The van der Waals surface area contributed by atoms with Crippen LogP contribution in [0.3, 0.4) is 0 Å². The lowest BCUT2D eigenvalue weighted by Gasteiger charge is -2.07. The Morgan fingerprint density at radius 1 is 1.23 bits per heavy atom. The Morgan fingerprint density at radius 2 is 2.00 bits per heavy atom. The normalized spacial score (nSPS) is 11.1. The number of benzene rings is 2. The Hall–Kier alpha value is -2.82. The molecule has 5 heteroatoms. The first-order chi connectivity index (χ1) is 10.6. The maximum atomic E-state index is 11.7. The molecule has 0 aromatic heterocycles. The summed E-state index contributed by atoms with van der Waals surface area (Å²) in [6.45, 7) is 3.53. The predicted molar refractivity (Wildman–Crippen MR) is 85.1 cm³/mol. The van der Waals surface area contributed by atoms with Crippen LogP contribution in [0.5, 0.6) is 11.5 Å². The van der Waals surface area contributed by atoms with E-state index in [0.29, 0.717) is 17.0 Å². The Morgan fingerprint density at radius 3 is 2.73 bits per heavy atom. The third-order valence-electron chi connectivity index (χ3n) is 3.00. The molecular formula is C17H18N2O3. The van der Waals surface area contributed by atoms with Crippen LogP contribution in [-0.2, 0) is 4.79 Å². The molecule has 2 aromatic rings. The minimum absolute atomic E-state index is 0.119. The fourth-order valence-corrected chi connectivity index (χ4v) is 1.87. The molecule has 114 valence electrons. The van der Waals surface area contributed by atoms with Gasteiger partial charge in [-0.15, -0.1) is 0 Å². The molecule has 0 atom stereocenters. The van der Waals surface area contributed by atoms with Crippen molar-refractivity contribution in [1.29, 1.82) is 0 Å². The molecule has 1 amide bonds. The second-order valence-corrected chi connectivity index (χ2v) is 4.85. The van der Waals surface area contributed by atoms with Crippen molar-refractivity contribution < 1.29 is 14.6 Å². The third-order valence-corrected chi connectivity index (χ3v) is 3.00. The molecule has 0 fully saturated rings. The predicted octanol–water partition coefficient (Wildman–Crippen LogP) is 2.62. The van der Waals surface area contributed by atoms with Crippen LogP contribution in [0.25, 0.3) is 0 Å². The number of phenols is 1. The lowest BCUT2D eigenvalue weighted by atomic mass is 10.1. The molecule has 5 nitrogen and oxygen atoms in total. The van der Waals surface area contributed by atoms with Crippen LogP contribution in [0.1, 0.15) is 18.1 Å². The van der Waals surface area contributed by atoms with E-state index in [2.05, 4.69) is 10.5 Å². The maximum absolute atomic E-state index is 11.7. The molecule has 2 aromatic carbocycles. The summed E-state index contributed by atoms with van der Waals surface area (Å²) in [6, 6.07) is 14.3. The Labute approximate surface area is 129 Å². The zero-order chi connectivity index (χ0) is 15.9. The van der Waals surface area contributed by atoms with E-state index < -0.39 is 0 Å². The first kappa shape index (κ1) is 15.6. The molecule has 22 heavy (non-hydrogen) atoms. The fraction of sp³-hybridized carbons (Fsp3) is 0.176. The largest absolute Gasteiger partial charge is 0.507 e. The number of nitrogens with one attached hydrogen (secondary N) is 1. The number of phenolic OH excluding ortho intramolecular Hbond substituents is 1. The van der Waals surface area contributed by atoms with E-state index >= 15 is 0 Å². The van der Waals surface area contributed by atoms with Gasteiger partial charge in [0.1, 0.15) is 11.5 Å². The average Bonchev–Trinajstić information content (AvgIpc) is 2.51. The highest BCUT2D eigenvalue weighted by atomic mass is 16.5. The van der Waals surface area contributed by atoms with Crippen LogP contribution in [0.2, 0.25) is 0 Å². The Bertz CT molecular complexity index is 696. The number of carbonyl (C=O) groups excluding carboxylic acids is 1. The molecule has 0 spiro atoms. The highest BCUT2D eigenvalue weighted by molar-refractivity contribution is 6.01. The number of hydrogen-bond acceptors (Lipinski definition) is 4. The topological polar surface area (TPSA) is 70.9 Å². The number of amides is 1. The molecule has 0 unspecified atom stereocenters. The molecule has 0 saturated heterocycles. The highest BCUT2D eigenvalue weighted by Crippen LogP contribution is 2.16. The van der Waals surface area contributed by atoms with Crippen LogP contribution >= 0.6 is 0 Å². The average molecular weight is 298 g/mol. The molecule has 0 bridgehead atoms. The van der Waals surface area contributed by atoms with Crippen molar-refractivity contribution in [1.82, 2.24) is 5.43 Å². The van der Waals surface area contributed by atoms with Crippen LogP contribution in [0.4, 0.5) is 0 Å². The van der Waals surface area contributed by atoms with Gasteiger partial charge < -0.3 is 9.84 Å². The van der Waals surface area contributed by atoms with E-state index in [0.717, 1.165) is 5.56 Å². The zero-order valence-corrected chi connectivity index (χ0v) is 12.5. The highest BCUT2D eigenvalue weighted by Gasteiger charge is 2.05. The van der Waals surface area contributed by atoms with E-state index in [1.54, 1.807) is 37.3 Å². The second-order valence-electron chi connectivity index (χ2n) is 4.85. The molecule has 0 saturated carbocycles. The van der Waals surface area contributed by atoms with Crippen molar-refractivity contribution in [3.63, 3.8) is 0 Å². The molecule has 0 aliphatic heterocycles. The van der Waals surface area contributed by atoms with Crippen LogP contribution < -0.4 is 10.2 Å². The first-order valence-electron chi connectivity index (χ1n) is 6.87. The number of aromatic hydroxyl groups is 1. The van der Waals surface area contributed by atoms with E-state index in [1.165, 1.54) is 0 Å². The lowest BCUT2D eigenvalue weighted by Crippen LogP contribution is -2.25. The first-order valence-corrected chi connectivity index (χ1v) is 6.87. The van der Waals surface area contributed by atoms with E-state index in [9.17, 15) is 9.90 Å². The standard InChI is InChI=1S/C17H18N2O3/c1-12-6-5-7-14(10-12)22-11-17(21)19-18-13(2)15-8-3-4-9-16(15)20/h3-10,20H,11H2,1-2H3,(H,19,21). The monoisotopic (exact) mass is 298 g/mol. The van der Waals surface area contributed by atoms with Gasteiger partial charge in [0.15, 0.2) is 6.61 Å². The van der Waals surface area contributed by atoms with E-state index in [1.807, 2.05) is 25.1 Å². The summed E-state index contributed by atoms with van der Waals surface area (Å²) in [5, 5.41) is 13.7. The molecular weight excluding hydrogens is 280 g/mol. The van der Waals surface area contributed by atoms with Gasteiger partial charge in [-0.05, 0) is 43.7 Å². The van der Waals surface area contributed by atoms with Crippen molar-refractivity contribution in [2.24, 2.45) is 5.10 Å². The zero-order valence-electron chi connectivity index (χ0n) is 12.5. The molecule has 0 radical (unpaired) electrons. The lowest BCUT2D eigenvalue weighted by molar-refractivity contribution is -0.123. The van der Waals surface area contributed by atoms with Gasteiger partial charge in [-0.3, -0.25) is 4.79 Å². The molecule has 0 aliphatic carbocycles. The number of hydrazone groups is 1. The van der Waals surface area contributed by atoms with Crippen LogP contribution in [0, 0.1) is 6.92 Å². The van der Waals surface area contributed by atoms with Gasteiger partial charge in [0.2, 0.25) is 0 Å². The second kappa shape index (κ2) is 7.26. The minimum Gasteiger partial charge on any atom is -0.507 e. The number of para-hydroxylation sites is 1. The van der Waals surface area contributed by atoms with Gasteiger partial charge in [-0.1, -0.05) is 24.3 Å². The molecule has 0 heterocycles. The van der Waals surface area contributed by atoms with Crippen molar-refractivity contribution in [3.05, 3.63) is 59.7 Å². The van der Waals surface area contributed by atoms with Gasteiger partial charge in [0.25, 0.3) is 5.91 Å². The van der Waals surface area contributed by atoms with Crippen molar-refractivity contribution in [2.75, 3.05) is 6.61 Å². The molecule has 2 N–H and O–H groups in total.